The number of furan rings is 2. The van der Waals surface area contributed by atoms with Crippen molar-refractivity contribution in [3.63, 3.8) is 0 Å². The van der Waals surface area contributed by atoms with Gasteiger partial charge in [0.25, 0.3) is 0 Å². The number of pyridine rings is 1. The summed E-state index contributed by atoms with van der Waals surface area (Å²) in [5.74, 6) is 0.717. The minimum absolute atomic E-state index is 0. The van der Waals surface area contributed by atoms with Gasteiger partial charge in [-0.25, -0.2) is 0 Å². The predicted octanol–water partition coefficient (Wildman–Crippen LogP) is 17.0. The molecule has 0 fully saturated rings. The van der Waals surface area contributed by atoms with Crippen LogP contribution in [0.3, 0.4) is 0 Å². The number of nitrogens with zero attached hydrogens (tertiary/aromatic N) is 3. The Morgan fingerprint density at radius 3 is 2.07 bits per heavy atom. The molecule has 0 amide bonds. The molecule has 0 saturated carbocycles. The van der Waals surface area contributed by atoms with E-state index in [1.807, 2.05) is 78.9 Å². The second-order valence-corrected chi connectivity index (χ2v) is 17.5. The molecule has 12 rings (SSSR count). The van der Waals surface area contributed by atoms with Gasteiger partial charge in [0.15, 0.2) is 0 Å². The average molecular weight is 1070 g/mol. The first-order chi connectivity index (χ1) is 35.1. The van der Waals surface area contributed by atoms with E-state index in [2.05, 4.69) is 110 Å². The maximum absolute atomic E-state index is 8.71. The molecule has 68 heavy (non-hydrogen) atoms. The van der Waals surface area contributed by atoms with Gasteiger partial charge in [-0.15, -0.1) is 53.6 Å². The molecule has 0 aliphatic heterocycles. The molecule has 6 heteroatoms. The Morgan fingerprint density at radius 2 is 1.32 bits per heavy atom. The third kappa shape index (κ3) is 8.04. The van der Waals surface area contributed by atoms with E-state index in [9.17, 15) is 0 Å². The van der Waals surface area contributed by atoms with Crippen molar-refractivity contribution in [2.75, 3.05) is 0 Å². The van der Waals surface area contributed by atoms with Crippen LogP contribution in [0, 0.1) is 25.8 Å². The van der Waals surface area contributed by atoms with E-state index in [0.717, 1.165) is 88.6 Å². The number of hydrogen-bond donors (Lipinski definition) is 0. The molecule has 0 unspecified atom stereocenters. The molecule has 335 valence electrons. The average Bonchev–Trinajstić information content (AvgIpc) is 4.09. The molecule has 8 aromatic carbocycles. The van der Waals surface area contributed by atoms with Crippen LogP contribution < -0.4 is 0 Å². The van der Waals surface area contributed by atoms with Crippen LogP contribution in [0.15, 0.2) is 185 Å². The number of para-hydroxylation sites is 2. The predicted molar refractivity (Wildman–Crippen MR) is 277 cm³/mol. The number of benzene rings is 8. The van der Waals surface area contributed by atoms with Crippen LogP contribution in [0.25, 0.3) is 105 Å². The number of aromatic nitrogens is 3. The van der Waals surface area contributed by atoms with E-state index in [1.54, 1.807) is 30.5 Å². The molecule has 0 N–H and O–H groups in total. The van der Waals surface area contributed by atoms with Crippen LogP contribution in [0.5, 0.6) is 0 Å². The summed E-state index contributed by atoms with van der Waals surface area (Å²) in [5, 5.41) is 4.11. The third-order valence-electron chi connectivity index (χ3n) is 12.5. The first-order valence-electron chi connectivity index (χ1n) is 25.6. The van der Waals surface area contributed by atoms with Crippen molar-refractivity contribution in [3.05, 3.63) is 210 Å². The molecule has 4 aromatic heterocycles. The minimum atomic E-state index is -2.39. The zero-order valence-electron chi connectivity index (χ0n) is 43.9. The van der Waals surface area contributed by atoms with Gasteiger partial charge in [0.05, 0.1) is 22.4 Å². The van der Waals surface area contributed by atoms with E-state index in [4.69, 9.17) is 22.0 Å². The molecule has 0 aliphatic rings. The molecular formula is C62H49IrN3O2-2. The fourth-order valence-electron chi connectivity index (χ4n) is 9.23. The fourth-order valence-corrected chi connectivity index (χ4v) is 9.23. The number of fused-ring (bicyclic) bond motifs is 7. The zero-order chi connectivity index (χ0) is 50.8. The molecule has 0 bridgehead atoms. The molecule has 1 radical (unpaired) electrons. The van der Waals surface area contributed by atoms with Crippen molar-refractivity contribution in [3.8, 4) is 50.6 Å². The van der Waals surface area contributed by atoms with Crippen molar-refractivity contribution in [1.29, 1.82) is 0 Å². The van der Waals surface area contributed by atoms with E-state index in [1.165, 1.54) is 6.07 Å². The second kappa shape index (κ2) is 18.4. The number of imidazole rings is 1. The van der Waals surface area contributed by atoms with Crippen LogP contribution >= 0.6 is 0 Å². The molecular weight excluding hydrogens is 1010 g/mol. The molecule has 0 atom stereocenters. The van der Waals surface area contributed by atoms with Gasteiger partial charge in [0.2, 0.25) is 0 Å². The molecule has 0 saturated heterocycles. The Balaban J connectivity index is 0.000000315. The monoisotopic (exact) mass is 1070 g/mol. The summed E-state index contributed by atoms with van der Waals surface area (Å²) in [6.45, 7) is 4.29. The fraction of sp³-hybridized carbons (Fsp3) is 0.129. The summed E-state index contributed by atoms with van der Waals surface area (Å²) in [6.07, 6.45) is 1.70. The van der Waals surface area contributed by atoms with Crippen molar-refractivity contribution < 1.29 is 37.2 Å². The summed E-state index contributed by atoms with van der Waals surface area (Å²) in [6, 6.07) is 61.8. The van der Waals surface area contributed by atoms with Crippen LogP contribution in [-0.2, 0) is 20.1 Å². The molecule has 12 aromatic rings. The van der Waals surface area contributed by atoms with Gasteiger partial charge in [-0.05, 0) is 118 Å². The van der Waals surface area contributed by atoms with Gasteiger partial charge >= 0.3 is 0 Å². The topological polar surface area (TPSA) is 57.0 Å². The van der Waals surface area contributed by atoms with Gasteiger partial charge < -0.3 is 18.4 Å². The smallest absolute Gasteiger partial charge is 0.136 e. The van der Waals surface area contributed by atoms with Crippen molar-refractivity contribution >= 4 is 54.9 Å². The quantitative estimate of drug-likeness (QED) is 0.149. The Labute approximate surface area is 418 Å². The normalized spacial score (nSPS) is 13.2. The molecule has 0 spiro atoms. The van der Waals surface area contributed by atoms with Crippen molar-refractivity contribution in [1.82, 2.24) is 14.5 Å². The SMILES string of the molecule is [2H]C([2H])([2H])c1c[c-]c(-c2ccccn2)cc1.[2H]C([2H])([2H])c1cccc2nc(-c3[c-]ccc4c3oc3ccc(-c5ccccc5)cc34)n(-c3c(C(C)C)cc(-c4ccc5c(c4)oc4ccccc45)cc3C(C)C)c12.[Ir]. The number of rotatable bonds is 7. The van der Waals surface area contributed by atoms with Gasteiger partial charge in [-0.1, -0.05) is 130 Å². The summed E-state index contributed by atoms with van der Waals surface area (Å²) < 4.78 is 63.0. The Kier molecular flexibility index (Phi) is 10.2. The first-order valence-corrected chi connectivity index (χ1v) is 22.6. The summed E-state index contributed by atoms with van der Waals surface area (Å²) in [4.78, 5) is 9.43. The standard InChI is InChI=1S/C50H39N2O2.C12H10N.Ir/c1-29(2)40-26-35(34-21-23-37-36-16-9-10-20-44(36)53-46(37)28-34)27-41(30(3)4)48(40)52-47-31(5)13-11-19-43(47)51-50(52)39-18-12-17-38-42-25-33(32-14-7-6-8-15-32)22-24-45(42)54-49(38)39;1-10-5-7-11(8-6-10)12-4-2-3-9-13-12;/h6-17,19-30H,1-5H3;2-7,9H,1H3;/q2*-1;/i5D3;1D3;. The largest absolute Gasteiger partial charge is 0.501 e. The van der Waals surface area contributed by atoms with Gasteiger partial charge in [-0.3, -0.25) is 4.98 Å². The zero-order valence-corrected chi connectivity index (χ0v) is 40.3. The van der Waals surface area contributed by atoms with Gasteiger partial charge in [0.1, 0.15) is 16.7 Å². The minimum Gasteiger partial charge on any atom is -0.501 e. The summed E-state index contributed by atoms with van der Waals surface area (Å²) in [5.41, 5.74) is 14.5. The number of aryl methyl sites for hydroxylation is 2. The van der Waals surface area contributed by atoms with Crippen LogP contribution in [0.2, 0.25) is 0 Å². The van der Waals surface area contributed by atoms with Gasteiger partial charge in [-0.2, -0.15) is 0 Å². The van der Waals surface area contributed by atoms with Crippen LogP contribution in [-0.4, -0.2) is 14.5 Å². The maximum Gasteiger partial charge on any atom is 0.136 e. The van der Waals surface area contributed by atoms with E-state index < -0.39 is 13.7 Å². The molecule has 4 heterocycles. The third-order valence-corrected chi connectivity index (χ3v) is 12.5. The van der Waals surface area contributed by atoms with Crippen molar-refractivity contribution in [2.45, 2.75) is 53.2 Å². The van der Waals surface area contributed by atoms with E-state index in [0.29, 0.717) is 33.6 Å². The molecule has 0 aliphatic carbocycles. The molecule has 5 nitrogen and oxygen atoms in total. The maximum atomic E-state index is 8.71. The van der Waals surface area contributed by atoms with Gasteiger partial charge in [0, 0.05) is 56.4 Å². The Morgan fingerprint density at radius 1 is 0.574 bits per heavy atom. The summed E-state index contributed by atoms with van der Waals surface area (Å²) >= 11 is 0. The summed E-state index contributed by atoms with van der Waals surface area (Å²) in [7, 11) is 0. The second-order valence-electron chi connectivity index (χ2n) is 17.5. The van der Waals surface area contributed by atoms with E-state index >= 15 is 0 Å². The first kappa shape index (κ1) is 37.7. The van der Waals surface area contributed by atoms with E-state index in [-0.39, 0.29) is 37.5 Å². The number of hydrogen-bond acceptors (Lipinski definition) is 4. The Bertz CT molecular complexity index is 3980. The van der Waals surface area contributed by atoms with Crippen LogP contribution in [0.4, 0.5) is 0 Å². The van der Waals surface area contributed by atoms with Crippen LogP contribution in [0.1, 0.15) is 70.0 Å². The van der Waals surface area contributed by atoms with Crippen molar-refractivity contribution in [2.24, 2.45) is 0 Å². The Hall–Kier alpha value is -7.37.